The van der Waals surface area contributed by atoms with Gasteiger partial charge in [0.1, 0.15) is 0 Å². The molecule has 0 unspecified atom stereocenters. The van der Waals surface area contributed by atoms with E-state index < -0.39 is 0 Å². The molecular weight excluding hydrogens is 315 g/mol. The number of anilines is 3. The average Bonchev–Trinajstić information content (AvgIpc) is 2.66. The number of hydrogen-bond donors (Lipinski definition) is 0. The van der Waals surface area contributed by atoms with Gasteiger partial charge in [0.15, 0.2) is 0 Å². The fourth-order valence-electron chi connectivity index (χ4n) is 3.19. The minimum absolute atomic E-state index is 0.408. The molecular formula is C23H24BN2. The van der Waals surface area contributed by atoms with Crippen LogP contribution in [0.1, 0.15) is 13.8 Å². The van der Waals surface area contributed by atoms with Crippen molar-refractivity contribution in [3.8, 4) is 0 Å². The lowest BCUT2D eigenvalue weighted by Gasteiger charge is -2.41. The van der Waals surface area contributed by atoms with E-state index in [1.54, 1.807) is 6.08 Å². The summed E-state index contributed by atoms with van der Waals surface area (Å²) in [5.41, 5.74) is 5.54. The van der Waals surface area contributed by atoms with Crippen LogP contribution in [0, 0.1) is 0 Å². The van der Waals surface area contributed by atoms with Gasteiger partial charge in [0.25, 0.3) is 7.41 Å². The smallest absolute Gasteiger partial charge is 0.255 e. The third-order valence-corrected chi connectivity index (χ3v) is 4.19. The molecule has 0 bridgehead atoms. The molecule has 0 spiro atoms. The monoisotopic (exact) mass is 339 g/mol. The van der Waals surface area contributed by atoms with Crippen molar-refractivity contribution in [3.63, 3.8) is 0 Å². The molecule has 2 aromatic rings. The summed E-state index contributed by atoms with van der Waals surface area (Å²) in [6, 6.07) is 18.9. The standard InChI is InChI=1S/C23H24BN2/c1-5-7-15-21-20(6-2)26(24-18(3)4)23-17-12-11-16-22(23)25(21)19-13-9-8-10-14-19/h5-18H,1-2H2,3-4H3/b15-7-. The van der Waals surface area contributed by atoms with Crippen LogP contribution in [0.15, 0.2) is 103 Å². The molecule has 2 nitrogen and oxygen atoms in total. The molecule has 0 N–H and O–H groups in total. The molecule has 0 atom stereocenters. The van der Waals surface area contributed by atoms with E-state index in [0.29, 0.717) is 5.82 Å². The largest absolute Gasteiger partial charge is 0.387 e. The highest BCUT2D eigenvalue weighted by Gasteiger charge is 2.29. The normalized spacial score (nSPS) is 14.0. The Bertz CT molecular complexity index is 850. The molecule has 3 heteroatoms. The Morgan fingerprint density at radius 2 is 1.54 bits per heavy atom. The molecule has 1 heterocycles. The van der Waals surface area contributed by atoms with Gasteiger partial charge in [-0.1, -0.05) is 75.3 Å². The zero-order valence-electron chi connectivity index (χ0n) is 15.5. The Hall–Kier alpha value is -2.94. The molecule has 0 aliphatic carbocycles. The summed E-state index contributed by atoms with van der Waals surface area (Å²) in [4.78, 5) is 4.52. The molecule has 0 fully saturated rings. The van der Waals surface area contributed by atoms with Crippen LogP contribution < -0.4 is 9.71 Å². The maximum absolute atomic E-state index is 4.10. The number of para-hydroxylation sites is 3. The molecule has 1 aliphatic rings. The summed E-state index contributed by atoms with van der Waals surface area (Å²) in [6.07, 6.45) is 7.78. The lowest BCUT2D eigenvalue weighted by molar-refractivity contribution is 1.02. The summed E-state index contributed by atoms with van der Waals surface area (Å²) < 4.78 is 0. The van der Waals surface area contributed by atoms with Crippen LogP contribution in [0.4, 0.5) is 17.1 Å². The van der Waals surface area contributed by atoms with Crippen LogP contribution in [-0.4, -0.2) is 7.41 Å². The summed E-state index contributed by atoms with van der Waals surface area (Å²) in [5.74, 6) is 0.408. The highest BCUT2D eigenvalue weighted by Crippen LogP contribution is 2.44. The quantitative estimate of drug-likeness (QED) is 0.454. The molecule has 0 amide bonds. The van der Waals surface area contributed by atoms with Crippen LogP contribution in [0.2, 0.25) is 5.82 Å². The SMILES string of the molecule is C=C/C=C\C1=C(C=C)N([B]C(C)C)c2ccccc2N1c1ccccc1. The van der Waals surface area contributed by atoms with Crippen LogP contribution in [0.5, 0.6) is 0 Å². The number of rotatable bonds is 6. The summed E-state index contributed by atoms with van der Waals surface area (Å²) in [6.45, 7) is 12.3. The molecule has 26 heavy (non-hydrogen) atoms. The molecule has 129 valence electrons. The fraction of sp³-hybridized carbons (Fsp3) is 0.130. The second-order valence-corrected chi connectivity index (χ2v) is 6.49. The predicted octanol–water partition coefficient (Wildman–Crippen LogP) is 6.23. The van der Waals surface area contributed by atoms with Gasteiger partial charge in [-0.15, -0.1) is 0 Å². The lowest BCUT2D eigenvalue weighted by Crippen LogP contribution is -2.36. The minimum Gasteiger partial charge on any atom is -0.387 e. The minimum atomic E-state index is 0.408. The molecule has 0 saturated carbocycles. The average molecular weight is 339 g/mol. The molecule has 3 rings (SSSR count). The first-order chi connectivity index (χ1) is 12.7. The number of hydrogen-bond acceptors (Lipinski definition) is 2. The van der Waals surface area contributed by atoms with E-state index in [9.17, 15) is 0 Å². The van der Waals surface area contributed by atoms with Crippen molar-refractivity contribution in [1.82, 2.24) is 0 Å². The van der Waals surface area contributed by atoms with Gasteiger partial charge in [-0.05, 0) is 36.4 Å². The lowest BCUT2D eigenvalue weighted by atomic mass is 9.74. The molecule has 2 aromatic carbocycles. The van der Waals surface area contributed by atoms with Gasteiger partial charge in [0.2, 0.25) is 0 Å². The van der Waals surface area contributed by atoms with E-state index in [0.717, 1.165) is 28.5 Å². The van der Waals surface area contributed by atoms with E-state index in [4.69, 9.17) is 0 Å². The van der Waals surface area contributed by atoms with E-state index in [1.165, 1.54) is 0 Å². The third-order valence-electron chi connectivity index (χ3n) is 4.19. The number of nitrogens with zero attached hydrogens (tertiary/aromatic N) is 2. The van der Waals surface area contributed by atoms with E-state index in [-0.39, 0.29) is 0 Å². The Labute approximate surface area is 157 Å². The van der Waals surface area contributed by atoms with Gasteiger partial charge in [0.05, 0.1) is 22.8 Å². The van der Waals surface area contributed by atoms with Crippen molar-refractivity contribution in [2.24, 2.45) is 0 Å². The van der Waals surface area contributed by atoms with Gasteiger partial charge in [0, 0.05) is 5.69 Å². The van der Waals surface area contributed by atoms with Gasteiger partial charge >= 0.3 is 0 Å². The van der Waals surface area contributed by atoms with Gasteiger partial charge in [-0.25, -0.2) is 0 Å². The third kappa shape index (κ3) is 3.38. The van der Waals surface area contributed by atoms with Crippen LogP contribution in [-0.2, 0) is 0 Å². The molecule has 1 radical (unpaired) electrons. The van der Waals surface area contributed by atoms with Crippen molar-refractivity contribution >= 4 is 24.5 Å². The molecule has 0 saturated heterocycles. The number of benzene rings is 2. The van der Waals surface area contributed by atoms with Crippen molar-refractivity contribution in [2.45, 2.75) is 19.7 Å². The highest BCUT2D eigenvalue weighted by atomic mass is 15.2. The Kier molecular flexibility index (Phi) is 5.47. The predicted molar refractivity (Wildman–Crippen MR) is 115 cm³/mol. The van der Waals surface area contributed by atoms with Crippen molar-refractivity contribution < 1.29 is 0 Å². The Balaban J connectivity index is 2.28. The molecule has 1 aliphatic heterocycles. The van der Waals surface area contributed by atoms with Crippen molar-refractivity contribution in [2.75, 3.05) is 9.71 Å². The van der Waals surface area contributed by atoms with E-state index in [1.807, 2.05) is 18.2 Å². The zero-order valence-corrected chi connectivity index (χ0v) is 15.5. The first-order valence-corrected chi connectivity index (χ1v) is 8.91. The topological polar surface area (TPSA) is 6.48 Å². The molecule has 0 aromatic heterocycles. The second kappa shape index (κ2) is 7.96. The summed E-state index contributed by atoms with van der Waals surface area (Å²) in [7, 11) is 2.24. The Morgan fingerprint density at radius 3 is 2.15 bits per heavy atom. The first kappa shape index (κ1) is 17.9. The Morgan fingerprint density at radius 1 is 0.885 bits per heavy atom. The van der Waals surface area contributed by atoms with Gasteiger partial charge in [-0.2, -0.15) is 0 Å². The maximum atomic E-state index is 4.10. The number of fused-ring (bicyclic) bond motifs is 1. The van der Waals surface area contributed by atoms with Crippen molar-refractivity contribution in [1.29, 1.82) is 0 Å². The van der Waals surface area contributed by atoms with Crippen LogP contribution in [0.3, 0.4) is 0 Å². The summed E-state index contributed by atoms with van der Waals surface area (Å²) in [5, 5.41) is 0. The maximum Gasteiger partial charge on any atom is 0.255 e. The van der Waals surface area contributed by atoms with E-state index in [2.05, 4.69) is 98.7 Å². The van der Waals surface area contributed by atoms with E-state index >= 15 is 0 Å². The van der Waals surface area contributed by atoms with Crippen molar-refractivity contribution in [3.05, 3.63) is 103 Å². The van der Waals surface area contributed by atoms with Crippen LogP contribution >= 0.6 is 0 Å². The first-order valence-electron chi connectivity index (χ1n) is 8.91. The van der Waals surface area contributed by atoms with Gasteiger partial charge in [-0.3, -0.25) is 0 Å². The second-order valence-electron chi connectivity index (χ2n) is 6.49. The highest BCUT2D eigenvalue weighted by molar-refractivity contribution is 6.45. The number of allylic oxidation sites excluding steroid dienone is 4. The fourth-order valence-corrected chi connectivity index (χ4v) is 3.19. The zero-order chi connectivity index (χ0) is 18.5. The van der Waals surface area contributed by atoms with Crippen LogP contribution in [0.25, 0.3) is 0 Å². The summed E-state index contributed by atoms with van der Waals surface area (Å²) >= 11 is 0. The van der Waals surface area contributed by atoms with Gasteiger partial charge < -0.3 is 9.71 Å².